The van der Waals surface area contributed by atoms with Gasteiger partial charge in [-0.15, -0.1) is 0 Å². The first-order chi connectivity index (χ1) is 13.0. The van der Waals surface area contributed by atoms with Crippen LogP contribution in [0.4, 0.5) is 22.7 Å². The summed E-state index contributed by atoms with van der Waals surface area (Å²) in [6.45, 7) is 1.57. The first-order valence-electron chi connectivity index (χ1n) is 8.55. The zero-order valence-electron chi connectivity index (χ0n) is 14.5. The van der Waals surface area contributed by atoms with Gasteiger partial charge in [0.2, 0.25) is 0 Å². The van der Waals surface area contributed by atoms with Crippen LogP contribution in [0.15, 0.2) is 42.5 Å². The highest BCUT2D eigenvalue weighted by atomic mass is 16.6. The van der Waals surface area contributed by atoms with Gasteiger partial charge >= 0.3 is 0 Å². The predicted octanol–water partition coefficient (Wildman–Crippen LogP) is 3.75. The number of nitro benzene ring substituents is 2. The monoisotopic (exact) mass is 370 g/mol. The van der Waals surface area contributed by atoms with Crippen molar-refractivity contribution in [3.63, 3.8) is 0 Å². The van der Waals surface area contributed by atoms with Crippen LogP contribution in [0.1, 0.15) is 29.6 Å². The van der Waals surface area contributed by atoms with E-state index in [9.17, 15) is 25.0 Å². The number of benzene rings is 2. The van der Waals surface area contributed by atoms with Crippen LogP contribution in [0.5, 0.6) is 0 Å². The number of rotatable bonds is 5. The summed E-state index contributed by atoms with van der Waals surface area (Å²) in [4.78, 5) is 35.6. The lowest BCUT2D eigenvalue weighted by molar-refractivity contribution is -0.385. The van der Waals surface area contributed by atoms with Crippen molar-refractivity contribution in [2.45, 2.75) is 19.3 Å². The van der Waals surface area contributed by atoms with Gasteiger partial charge in [-0.05, 0) is 37.5 Å². The molecule has 0 saturated carbocycles. The second-order valence-corrected chi connectivity index (χ2v) is 6.26. The molecule has 0 spiro atoms. The largest absolute Gasteiger partial charge is 0.371 e. The standard InChI is InChI=1S/C18H18N4O5/c23-18(19-13-4-6-14(7-5-13)21(24)25)16-12-15(22(26)27)8-9-17(16)20-10-2-1-3-11-20/h4-9,12H,1-3,10-11H2,(H,19,23). The maximum atomic E-state index is 12.8. The molecule has 0 radical (unpaired) electrons. The minimum Gasteiger partial charge on any atom is -0.371 e. The Labute approximate surface area is 154 Å². The van der Waals surface area contributed by atoms with E-state index < -0.39 is 15.8 Å². The lowest BCUT2D eigenvalue weighted by Crippen LogP contribution is -2.31. The van der Waals surface area contributed by atoms with E-state index in [1.165, 1.54) is 36.4 Å². The van der Waals surface area contributed by atoms with Crippen molar-refractivity contribution in [1.29, 1.82) is 0 Å². The number of non-ortho nitro benzene ring substituents is 2. The van der Waals surface area contributed by atoms with Gasteiger partial charge in [0.25, 0.3) is 17.3 Å². The molecule has 3 rings (SSSR count). The highest BCUT2D eigenvalue weighted by Crippen LogP contribution is 2.29. The number of amides is 1. The van der Waals surface area contributed by atoms with Crippen molar-refractivity contribution in [1.82, 2.24) is 0 Å². The molecule has 2 aromatic carbocycles. The molecule has 2 aromatic rings. The summed E-state index contributed by atoms with van der Waals surface area (Å²) in [5.41, 5.74) is 0.993. The van der Waals surface area contributed by atoms with Gasteiger partial charge in [-0.25, -0.2) is 0 Å². The Hall–Kier alpha value is -3.49. The van der Waals surface area contributed by atoms with Gasteiger partial charge in [0.1, 0.15) is 0 Å². The maximum Gasteiger partial charge on any atom is 0.270 e. The molecular weight excluding hydrogens is 352 g/mol. The van der Waals surface area contributed by atoms with E-state index in [1.54, 1.807) is 6.07 Å². The Morgan fingerprint density at radius 1 is 0.889 bits per heavy atom. The molecule has 140 valence electrons. The molecular formula is C18H18N4O5. The van der Waals surface area contributed by atoms with Gasteiger partial charge in [-0.2, -0.15) is 0 Å². The molecule has 0 aromatic heterocycles. The van der Waals surface area contributed by atoms with E-state index in [2.05, 4.69) is 10.2 Å². The quantitative estimate of drug-likeness (QED) is 0.632. The molecule has 0 atom stereocenters. The SMILES string of the molecule is O=C(Nc1ccc([N+](=O)[O-])cc1)c1cc([N+](=O)[O-])ccc1N1CCCCC1. The average molecular weight is 370 g/mol. The van der Waals surface area contributed by atoms with E-state index in [-0.39, 0.29) is 16.9 Å². The molecule has 1 fully saturated rings. The van der Waals surface area contributed by atoms with Crippen LogP contribution in [-0.4, -0.2) is 28.8 Å². The molecule has 0 aliphatic carbocycles. The zero-order chi connectivity index (χ0) is 19.4. The number of anilines is 2. The lowest BCUT2D eigenvalue weighted by Gasteiger charge is -2.30. The molecule has 1 saturated heterocycles. The second kappa shape index (κ2) is 7.81. The van der Waals surface area contributed by atoms with E-state index in [4.69, 9.17) is 0 Å². The molecule has 1 N–H and O–H groups in total. The third kappa shape index (κ3) is 4.20. The fourth-order valence-corrected chi connectivity index (χ4v) is 3.09. The van der Waals surface area contributed by atoms with Crippen LogP contribution in [0.25, 0.3) is 0 Å². The van der Waals surface area contributed by atoms with E-state index >= 15 is 0 Å². The molecule has 0 unspecified atom stereocenters. The molecule has 1 aliphatic heterocycles. The third-order valence-electron chi connectivity index (χ3n) is 4.47. The van der Waals surface area contributed by atoms with Crippen molar-refractivity contribution in [2.75, 3.05) is 23.3 Å². The maximum absolute atomic E-state index is 12.8. The number of piperidine rings is 1. The van der Waals surface area contributed by atoms with Crippen LogP contribution >= 0.6 is 0 Å². The average Bonchev–Trinajstić information content (AvgIpc) is 2.68. The van der Waals surface area contributed by atoms with Crippen LogP contribution in [0, 0.1) is 20.2 Å². The normalized spacial score (nSPS) is 13.9. The van der Waals surface area contributed by atoms with Crippen molar-refractivity contribution >= 4 is 28.7 Å². The predicted molar refractivity (Wildman–Crippen MR) is 100 cm³/mol. The van der Waals surface area contributed by atoms with E-state index in [0.717, 1.165) is 32.4 Å². The van der Waals surface area contributed by atoms with Crippen molar-refractivity contribution in [3.05, 3.63) is 68.3 Å². The van der Waals surface area contributed by atoms with Gasteiger partial charge in [-0.3, -0.25) is 25.0 Å². The number of nitrogens with one attached hydrogen (secondary N) is 1. The Bertz CT molecular complexity index is 876. The zero-order valence-corrected chi connectivity index (χ0v) is 14.5. The third-order valence-corrected chi connectivity index (χ3v) is 4.47. The molecule has 9 heteroatoms. The Morgan fingerprint density at radius 3 is 2.07 bits per heavy atom. The molecule has 1 amide bonds. The van der Waals surface area contributed by atoms with Gasteiger partial charge < -0.3 is 10.2 Å². The van der Waals surface area contributed by atoms with E-state index in [1.807, 2.05) is 0 Å². The number of nitrogens with zero attached hydrogens (tertiary/aromatic N) is 3. The summed E-state index contributed by atoms with van der Waals surface area (Å²) in [5, 5.41) is 24.5. The van der Waals surface area contributed by atoms with Gasteiger partial charge in [0.05, 0.1) is 21.1 Å². The molecule has 1 heterocycles. The minimum atomic E-state index is -0.539. The van der Waals surface area contributed by atoms with Crippen molar-refractivity contribution < 1.29 is 14.6 Å². The smallest absolute Gasteiger partial charge is 0.270 e. The molecule has 0 bridgehead atoms. The summed E-state index contributed by atoms with van der Waals surface area (Å²) in [6.07, 6.45) is 3.12. The summed E-state index contributed by atoms with van der Waals surface area (Å²) < 4.78 is 0. The summed E-state index contributed by atoms with van der Waals surface area (Å²) in [7, 11) is 0. The van der Waals surface area contributed by atoms with Crippen LogP contribution in [0.2, 0.25) is 0 Å². The fourth-order valence-electron chi connectivity index (χ4n) is 3.09. The molecule has 27 heavy (non-hydrogen) atoms. The van der Waals surface area contributed by atoms with Crippen molar-refractivity contribution in [2.24, 2.45) is 0 Å². The Kier molecular flexibility index (Phi) is 5.30. The highest BCUT2D eigenvalue weighted by molar-refractivity contribution is 6.08. The number of nitro groups is 2. The number of hydrogen-bond donors (Lipinski definition) is 1. The number of carbonyl (C=O) groups excluding carboxylic acids is 1. The Morgan fingerprint density at radius 2 is 1.48 bits per heavy atom. The number of carbonyl (C=O) groups is 1. The summed E-state index contributed by atoms with van der Waals surface area (Å²) in [5.74, 6) is -0.492. The minimum absolute atomic E-state index is 0.0858. The highest BCUT2D eigenvalue weighted by Gasteiger charge is 2.22. The summed E-state index contributed by atoms with van der Waals surface area (Å²) in [6, 6.07) is 9.69. The first kappa shape index (κ1) is 18.3. The van der Waals surface area contributed by atoms with E-state index in [0.29, 0.717) is 11.4 Å². The van der Waals surface area contributed by atoms with Crippen LogP contribution in [-0.2, 0) is 0 Å². The first-order valence-corrected chi connectivity index (χ1v) is 8.55. The van der Waals surface area contributed by atoms with Crippen LogP contribution in [0.3, 0.4) is 0 Å². The lowest BCUT2D eigenvalue weighted by atomic mass is 10.1. The molecule has 1 aliphatic rings. The number of hydrogen-bond acceptors (Lipinski definition) is 6. The summed E-state index contributed by atoms with van der Waals surface area (Å²) >= 11 is 0. The van der Waals surface area contributed by atoms with Crippen molar-refractivity contribution in [3.8, 4) is 0 Å². The Balaban J connectivity index is 1.89. The topological polar surface area (TPSA) is 119 Å². The fraction of sp³-hybridized carbons (Fsp3) is 0.278. The van der Waals surface area contributed by atoms with Gasteiger partial charge in [-0.1, -0.05) is 0 Å². The second-order valence-electron chi connectivity index (χ2n) is 6.26. The van der Waals surface area contributed by atoms with Crippen LogP contribution < -0.4 is 10.2 Å². The van der Waals surface area contributed by atoms with Gasteiger partial charge in [0.15, 0.2) is 0 Å². The van der Waals surface area contributed by atoms with Gasteiger partial charge in [0, 0.05) is 43.0 Å². The molecule has 9 nitrogen and oxygen atoms in total.